The summed E-state index contributed by atoms with van der Waals surface area (Å²) in [4.78, 5) is 4.82. The molecule has 3 heterocycles. The van der Waals surface area contributed by atoms with Gasteiger partial charge >= 0.3 is 21.1 Å². The Hall–Kier alpha value is -4.47. The van der Waals surface area contributed by atoms with Gasteiger partial charge in [0, 0.05) is 34.5 Å². The van der Waals surface area contributed by atoms with Crippen molar-refractivity contribution < 1.29 is 25.8 Å². The Bertz CT molecular complexity index is 2210. The number of aromatic nitrogens is 4. The van der Waals surface area contributed by atoms with Gasteiger partial charge in [0.15, 0.2) is 0 Å². The summed E-state index contributed by atoms with van der Waals surface area (Å²) in [5.41, 5.74) is 9.77. The van der Waals surface area contributed by atoms with E-state index in [2.05, 4.69) is 112 Å². The summed E-state index contributed by atoms with van der Waals surface area (Å²) in [5, 5.41) is 7.17. The summed E-state index contributed by atoms with van der Waals surface area (Å²) in [7, 11) is 0. The molecule has 238 valence electrons. The van der Waals surface area contributed by atoms with E-state index in [0.717, 1.165) is 63.3 Å². The topological polar surface area (TPSA) is 44.9 Å². The van der Waals surface area contributed by atoms with Crippen LogP contribution in [-0.4, -0.2) is 19.3 Å². The molecule has 7 aromatic rings. The fourth-order valence-electron chi connectivity index (χ4n) is 6.35. The van der Waals surface area contributed by atoms with Crippen LogP contribution in [0.5, 0.6) is 11.5 Å². The third-order valence-electron chi connectivity index (χ3n) is 8.65. The summed E-state index contributed by atoms with van der Waals surface area (Å²) >= 11 is 0. The molecule has 0 unspecified atom stereocenters. The molecule has 47 heavy (non-hydrogen) atoms. The van der Waals surface area contributed by atoms with Crippen molar-refractivity contribution in [2.45, 2.75) is 59.8 Å². The molecule has 5 nitrogen and oxygen atoms in total. The summed E-state index contributed by atoms with van der Waals surface area (Å²) in [5.74, 6) is 2.10. The van der Waals surface area contributed by atoms with Crippen LogP contribution in [0.15, 0.2) is 97.2 Å². The second-order valence-corrected chi connectivity index (χ2v) is 13.0. The van der Waals surface area contributed by atoms with Crippen LogP contribution in [-0.2, 0) is 32.9 Å². The molecule has 0 radical (unpaired) electrons. The molecule has 7 rings (SSSR count). The van der Waals surface area contributed by atoms with Crippen molar-refractivity contribution in [1.29, 1.82) is 0 Å². The first-order valence-electron chi connectivity index (χ1n) is 16.0. The van der Waals surface area contributed by atoms with Crippen molar-refractivity contribution in [3.63, 3.8) is 0 Å². The van der Waals surface area contributed by atoms with Crippen LogP contribution in [0, 0.1) is 26.0 Å². The smallest absolute Gasteiger partial charge is 0.509 e. The van der Waals surface area contributed by atoms with Crippen molar-refractivity contribution in [3.8, 4) is 34.1 Å². The van der Waals surface area contributed by atoms with Crippen molar-refractivity contribution in [3.05, 3.63) is 132 Å². The minimum absolute atomic E-state index is 0. The number of aryl methyl sites for hydroxylation is 2. The standard InChI is InChI=1S/C41H38N4O.Pt/c1-7-12-29-21-22-42-39(23-29)44-37-20-17-31(41(4,5)6)24-36(37)35-19-18-34(26-38(35)44)46-33-16-11-15-32(25-33)45-28(3)40(27(2)43-45)30-13-9-8-10-14-30;/h8-11,13-24H,7,12H2,1-6H3;/q-2;+2. The van der Waals surface area contributed by atoms with Crippen molar-refractivity contribution in [2.75, 3.05) is 0 Å². The largest absolute Gasteiger partial charge is 2.00 e. The monoisotopic (exact) mass is 797 g/mol. The first-order valence-corrected chi connectivity index (χ1v) is 16.0. The first kappa shape index (κ1) is 32.5. The molecule has 0 N–H and O–H groups in total. The van der Waals surface area contributed by atoms with Gasteiger partial charge in [0.25, 0.3) is 0 Å². The fraction of sp³-hybridized carbons (Fsp3) is 0.220. The number of ether oxygens (including phenoxy) is 1. The van der Waals surface area contributed by atoms with Gasteiger partial charge in [0.2, 0.25) is 0 Å². The van der Waals surface area contributed by atoms with E-state index in [1.54, 1.807) is 0 Å². The van der Waals surface area contributed by atoms with E-state index in [0.29, 0.717) is 11.5 Å². The van der Waals surface area contributed by atoms with Crippen molar-refractivity contribution >= 4 is 21.8 Å². The maximum absolute atomic E-state index is 6.45. The molecule has 0 aliphatic heterocycles. The summed E-state index contributed by atoms with van der Waals surface area (Å²) < 4.78 is 10.6. The van der Waals surface area contributed by atoms with Crippen molar-refractivity contribution in [2.24, 2.45) is 0 Å². The molecular formula is C41H38N4OPt. The zero-order valence-electron chi connectivity index (χ0n) is 27.7. The van der Waals surface area contributed by atoms with Gasteiger partial charge in [0.1, 0.15) is 5.82 Å². The molecule has 3 aromatic heterocycles. The molecule has 4 aromatic carbocycles. The Morgan fingerprint density at radius 2 is 1.60 bits per heavy atom. The minimum atomic E-state index is 0. The summed E-state index contributed by atoms with van der Waals surface area (Å²) in [6.07, 6.45) is 3.99. The molecular weight excluding hydrogens is 760 g/mol. The van der Waals surface area contributed by atoms with Gasteiger partial charge < -0.3 is 9.30 Å². The number of rotatable bonds is 7. The molecule has 0 atom stereocenters. The van der Waals surface area contributed by atoms with E-state index >= 15 is 0 Å². The Balaban J connectivity index is 0.00000386. The van der Waals surface area contributed by atoms with Crippen LogP contribution in [0.2, 0.25) is 0 Å². The predicted octanol–water partition coefficient (Wildman–Crippen LogP) is 10.3. The summed E-state index contributed by atoms with van der Waals surface area (Å²) in [6, 6.07) is 38.5. The van der Waals surface area contributed by atoms with Crippen LogP contribution in [0.25, 0.3) is 44.4 Å². The second kappa shape index (κ2) is 13.0. The third-order valence-corrected chi connectivity index (χ3v) is 8.65. The molecule has 0 fully saturated rings. The molecule has 0 spiro atoms. The Labute approximate surface area is 291 Å². The number of fused-ring (bicyclic) bond motifs is 3. The van der Waals surface area contributed by atoms with E-state index in [-0.39, 0.29) is 26.5 Å². The average molecular weight is 798 g/mol. The number of hydrogen-bond acceptors (Lipinski definition) is 3. The van der Waals surface area contributed by atoms with Crippen molar-refractivity contribution in [1.82, 2.24) is 19.3 Å². The minimum Gasteiger partial charge on any atom is -0.509 e. The average Bonchev–Trinajstić information content (AvgIpc) is 3.53. The van der Waals surface area contributed by atoms with E-state index in [1.807, 2.05) is 48.1 Å². The van der Waals surface area contributed by atoms with Crippen LogP contribution in [0.4, 0.5) is 0 Å². The predicted molar refractivity (Wildman–Crippen MR) is 187 cm³/mol. The van der Waals surface area contributed by atoms with Crippen LogP contribution < -0.4 is 4.74 Å². The zero-order valence-corrected chi connectivity index (χ0v) is 29.9. The molecule has 0 bridgehead atoms. The quantitative estimate of drug-likeness (QED) is 0.151. The van der Waals surface area contributed by atoms with Gasteiger partial charge in [0.05, 0.1) is 5.69 Å². The Morgan fingerprint density at radius 3 is 2.36 bits per heavy atom. The molecule has 6 heteroatoms. The molecule has 0 amide bonds. The Morgan fingerprint density at radius 1 is 0.809 bits per heavy atom. The van der Waals surface area contributed by atoms with E-state index < -0.39 is 0 Å². The van der Waals surface area contributed by atoms with Gasteiger partial charge in [-0.2, -0.15) is 17.2 Å². The van der Waals surface area contributed by atoms with Crippen LogP contribution >= 0.6 is 0 Å². The van der Waals surface area contributed by atoms with Crippen LogP contribution in [0.1, 0.15) is 56.6 Å². The SMILES string of the molecule is CCCc1ccnc(-n2c3[c-]c(Oc4[c-]c(-n5nc(C)c(-c6ccccc6)c5C)ccc4)ccc3c3cc(C(C)(C)C)ccc32)c1.[Pt+2]. The Kier molecular flexibility index (Phi) is 8.96. The maximum atomic E-state index is 6.45. The first-order chi connectivity index (χ1) is 22.2. The van der Waals surface area contributed by atoms with Gasteiger partial charge in [-0.05, 0) is 71.6 Å². The number of hydrogen-bond donors (Lipinski definition) is 0. The van der Waals surface area contributed by atoms with Crippen LogP contribution in [0.3, 0.4) is 0 Å². The number of nitrogens with zero attached hydrogens (tertiary/aromatic N) is 4. The number of pyridine rings is 1. The van der Waals surface area contributed by atoms with Gasteiger partial charge in [-0.1, -0.05) is 82.1 Å². The van der Waals surface area contributed by atoms with Gasteiger partial charge in [-0.15, -0.1) is 35.7 Å². The maximum Gasteiger partial charge on any atom is 2.00 e. The van der Waals surface area contributed by atoms with Gasteiger partial charge in [-0.25, -0.2) is 4.98 Å². The molecule has 0 saturated carbocycles. The second-order valence-electron chi connectivity index (χ2n) is 13.0. The summed E-state index contributed by atoms with van der Waals surface area (Å²) in [6.45, 7) is 13.1. The van der Waals surface area contributed by atoms with E-state index in [1.165, 1.54) is 16.5 Å². The van der Waals surface area contributed by atoms with Gasteiger partial charge in [-0.3, -0.25) is 4.68 Å². The van der Waals surface area contributed by atoms with E-state index in [9.17, 15) is 0 Å². The molecule has 0 saturated heterocycles. The molecule has 0 aliphatic carbocycles. The normalized spacial score (nSPS) is 11.6. The zero-order chi connectivity index (χ0) is 32.0. The molecule has 0 aliphatic rings. The fourth-order valence-corrected chi connectivity index (χ4v) is 6.35. The van der Waals surface area contributed by atoms with E-state index in [4.69, 9.17) is 14.8 Å². The number of benzene rings is 4. The third kappa shape index (κ3) is 6.17.